The van der Waals surface area contributed by atoms with Crippen LogP contribution in [0, 0.1) is 6.92 Å². The molecule has 1 atom stereocenters. The van der Waals surface area contributed by atoms with E-state index in [-0.39, 0.29) is 6.04 Å². The molecule has 0 aromatic carbocycles. The van der Waals surface area contributed by atoms with Gasteiger partial charge in [0.2, 0.25) is 0 Å². The quantitative estimate of drug-likeness (QED) is 0.598. The Morgan fingerprint density at radius 1 is 1.62 bits per heavy atom. The fourth-order valence-corrected chi connectivity index (χ4v) is 0.982. The number of anilines is 1. The molecule has 0 amide bonds. The molecule has 0 fully saturated rings. The van der Waals surface area contributed by atoms with Gasteiger partial charge < -0.3 is 5.32 Å². The zero-order valence-electron chi connectivity index (χ0n) is 7.71. The Bertz CT molecular complexity index is 312. The third-order valence-corrected chi connectivity index (χ3v) is 2.12. The fourth-order valence-electron chi connectivity index (χ4n) is 0.849. The highest BCUT2D eigenvalue weighted by Gasteiger charge is 2.05. The number of hydrogen-bond donors (Lipinski definition) is 1. The molecule has 0 radical (unpaired) electrons. The minimum Gasteiger partial charge on any atom is -0.364 e. The van der Waals surface area contributed by atoms with Gasteiger partial charge >= 0.3 is 0 Å². The standard InChI is InChI=1S/C9H12ClN3/c1-4-6(2)13-9-7(3)8(10)11-5-12-9/h4-6H,1H2,2-3H3,(H,11,12,13). The second-order valence-corrected chi connectivity index (χ2v) is 3.16. The van der Waals surface area contributed by atoms with E-state index in [9.17, 15) is 0 Å². The summed E-state index contributed by atoms with van der Waals surface area (Å²) in [4.78, 5) is 7.93. The molecule has 13 heavy (non-hydrogen) atoms. The number of nitrogens with zero attached hydrogens (tertiary/aromatic N) is 2. The van der Waals surface area contributed by atoms with Gasteiger partial charge in [-0.15, -0.1) is 6.58 Å². The molecule has 0 saturated carbocycles. The summed E-state index contributed by atoms with van der Waals surface area (Å²) in [5, 5.41) is 3.63. The van der Waals surface area contributed by atoms with E-state index in [1.807, 2.05) is 13.8 Å². The zero-order chi connectivity index (χ0) is 9.84. The van der Waals surface area contributed by atoms with Crippen LogP contribution in [0.5, 0.6) is 0 Å². The summed E-state index contributed by atoms with van der Waals surface area (Å²) in [6, 6.07) is 0.171. The van der Waals surface area contributed by atoms with Crippen molar-refractivity contribution in [2.75, 3.05) is 5.32 Å². The van der Waals surface area contributed by atoms with E-state index in [0.717, 1.165) is 11.4 Å². The highest BCUT2D eigenvalue weighted by molar-refractivity contribution is 6.30. The number of aromatic nitrogens is 2. The number of rotatable bonds is 3. The molecule has 0 bridgehead atoms. The van der Waals surface area contributed by atoms with Crippen molar-refractivity contribution in [3.8, 4) is 0 Å². The van der Waals surface area contributed by atoms with E-state index >= 15 is 0 Å². The van der Waals surface area contributed by atoms with Gasteiger partial charge in [-0.3, -0.25) is 0 Å². The SMILES string of the molecule is C=CC(C)Nc1ncnc(Cl)c1C. The maximum Gasteiger partial charge on any atom is 0.137 e. The van der Waals surface area contributed by atoms with Gasteiger partial charge in [0.1, 0.15) is 17.3 Å². The highest BCUT2D eigenvalue weighted by Crippen LogP contribution is 2.18. The highest BCUT2D eigenvalue weighted by atomic mass is 35.5. The first-order valence-electron chi connectivity index (χ1n) is 4.01. The summed E-state index contributed by atoms with van der Waals surface area (Å²) >= 11 is 5.82. The molecular weight excluding hydrogens is 186 g/mol. The minimum absolute atomic E-state index is 0.171. The first kappa shape index (κ1) is 9.99. The Balaban J connectivity index is 2.88. The molecule has 4 heteroatoms. The van der Waals surface area contributed by atoms with Crippen molar-refractivity contribution in [1.29, 1.82) is 0 Å². The Hall–Kier alpha value is -1.09. The molecule has 0 aliphatic carbocycles. The predicted octanol–water partition coefficient (Wildman–Crippen LogP) is 2.42. The molecule has 0 aliphatic heterocycles. The van der Waals surface area contributed by atoms with E-state index in [0.29, 0.717) is 5.15 Å². The van der Waals surface area contributed by atoms with Gasteiger partial charge in [0.15, 0.2) is 0 Å². The van der Waals surface area contributed by atoms with E-state index in [4.69, 9.17) is 11.6 Å². The monoisotopic (exact) mass is 197 g/mol. The van der Waals surface area contributed by atoms with Crippen LogP contribution >= 0.6 is 11.6 Å². The maximum atomic E-state index is 5.82. The summed E-state index contributed by atoms with van der Waals surface area (Å²) in [6.07, 6.45) is 3.24. The fraction of sp³-hybridized carbons (Fsp3) is 0.333. The smallest absolute Gasteiger partial charge is 0.137 e. The maximum absolute atomic E-state index is 5.82. The van der Waals surface area contributed by atoms with Gasteiger partial charge in [0, 0.05) is 11.6 Å². The van der Waals surface area contributed by atoms with Crippen LogP contribution in [0.15, 0.2) is 19.0 Å². The van der Waals surface area contributed by atoms with E-state index in [2.05, 4.69) is 21.9 Å². The average Bonchev–Trinajstić information content (AvgIpc) is 2.13. The van der Waals surface area contributed by atoms with Crippen molar-refractivity contribution in [3.05, 3.63) is 29.7 Å². The van der Waals surface area contributed by atoms with E-state index in [1.165, 1.54) is 6.33 Å². The van der Waals surface area contributed by atoms with Crippen LogP contribution in [0.2, 0.25) is 5.15 Å². The topological polar surface area (TPSA) is 37.8 Å². The lowest BCUT2D eigenvalue weighted by Gasteiger charge is -2.11. The van der Waals surface area contributed by atoms with Crippen molar-refractivity contribution in [3.63, 3.8) is 0 Å². The van der Waals surface area contributed by atoms with E-state index < -0.39 is 0 Å². The molecule has 1 N–H and O–H groups in total. The number of nitrogens with one attached hydrogen (secondary N) is 1. The van der Waals surface area contributed by atoms with Crippen molar-refractivity contribution >= 4 is 17.4 Å². The minimum atomic E-state index is 0.171. The lowest BCUT2D eigenvalue weighted by atomic mass is 10.3. The molecule has 1 rings (SSSR count). The molecular formula is C9H12ClN3. The number of hydrogen-bond acceptors (Lipinski definition) is 3. The summed E-state index contributed by atoms with van der Waals surface area (Å²) in [7, 11) is 0. The van der Waals surface area contributed by atoms with Gasteiger partial charge in [0.25, 0.3) is 0 Å². The first-order chi connectivity index (χ1) is 6.15. The Kier molecular flexibility index (Phi) is 3.25. The summed E-state index contributed by atoms with van der Waals surface area (Å²) in [6.45, 7) is 7.53. The molecule has 0 spiro atoms. The van der Waals surface area contributed by atoms with Gasteiger partial charge in [-0.1, -0.05) is 17.7 Å². The molecule has 0 saturated heterocycles. The Morgan fingerprint density at radius 2 is 2.31 bits per heavy atom. The number of halogens is 1. The van der Waals surface area contributed by atoms with Crippen molar-refractivity contribution in [1.82, 2.24) is 9.97 Å². The van der Waals surface area contributed by atoms with Crippen LogP contribution in [0.1, 0.15) is 12.5 Å². The second kappa shape index (κ2) is 4.23. The molecule has 1 aromatic heterocycles. The zero-order valence-corrected chi connectivity index (χ0v) is 8.47. The first-order valence-corrected chi connectivity index (χ1v) is 4.39. The lowest BCUT2D eigenvalue weighted by molar-refractivity contribution is 0.967. The Morgan fingerprint density at radius 3 is 2.92 bits per heavy atom. The van der Waals surface area contributed by atoms with Gasteiger partial charge in [-0.05, 0) is 13.8 Å². The van der Waals surface area contributed by atoms with Gasteiger partial charge in [0.05, 0.1) is 0 Å². The summed E-state index contributed by atoms with van der Waals surface area (Å²) in [5.74, 6) is 0.757. The van der Waals surface area contributed by atoms with Crippen LogP contribution in [-0.2, 0) is 0 Å². The molecule has 1 heterocycles. The largest absolute Gasteiger partial charge is 0.364 e. The van der Waals surface area contributed by atoms with Crippen molar-refractivity contribution in [2.24, 2.45) is 0 Å². The summed E-state index contributed by atoms with van der Waals surface area (Å²) < 4.78 is 0. The molecule has 70 valence electrons. The lowest BCUT2D eigenvalue weighted by Crippen LogP contribution is -2.13. The van der Waals surface area contributed by atoms with Crippen molar-refractivity contribution in [2.45, 2.75) is 19.9 Å². The summed E-state index contributed by atoms with van der Waals surface area (Å²) in [5.41, 5.74) is 0.859. The molecule has 0 aliphatic rings. The third kappa shape index (κ3) is 2.42. The normalized spacial score (nSPS) is 12.2. The van der Waals surface area contributed by atoms with Gasteiger partial charge in [-0.2, -0.15) is 0 Å². The van der Waals surface area contributed by atoms with Crippen LogP contribution in [0.4, 0.5) is 5.82 Å². The van der Waals surface area contributed by atoms with Crippen LogP contribution in [0.3, 0.4) is 0 Å². The molecule has 3 nitrogen and oxygen atoms in total. The van der Waals surface area contributed by atoms with Gasteiger partial charge in [-0.25, -0.2) is 9.97 Å². The van der Waals surface area contributed by atoms with E-state index in [1.54, 1.807) is 6.08 Å². The third-order valence-electron chi connectivity index (χ3n) is 1.74. The molecule has 1 aromatic rings. The van der Waals surface area contributed by atoms with Crippen LogP contribution < -0.4 is 5.32 Å². The second-order valence-electron chi connectivity index (χ2n) is 2.81. The van der Waals surface area contributed by atoms with Crippen molar-refractivity contribution < 1.29 is 0 Å². The van der Waals surface area contributed by atoms with Crippen LogP contribution in [-0.4, -0.2) is 16.0 Å². The van der Waals surface area contributed by atoms with Crippen LogP contribution in [0.25, 0.3) is 0 Å². The average molecular weight is 198 g/mol. The Labute approximate surface area is 82.9 Å². The molecule has 1 unspecified atom stereocenters. The predicted molar refractivity (Wildman–Crippen MR) is 55.1 cm³/mol.